The Balaban J connectivity index is 1.69. The fourth-order valence-electron chi connectivity index (χ4n) is 2.47. The number of aliphatic hydroxyl groups excluding tert-OH is 1. The van der Waals surface area contributed by atoms with E-state index in [1.807, 2.05) is 42.5 Å². The van der Waals surface area contributed by atoms with Gasteiger partial charge in [0.25, 0.3) is 0 Å². The number of ether oxygens (including phenoxy) is 1. The van der Waals surface area contributed by atoms with Crippen LogP contribution in [0.3, 0.4) is 0 Å². The summed E-state index contributed by atoms with van der Waals surface area (Å²) in [6, 6.07) is 19.9. The number of sulfone groups is 1. The molecule has 1 atom stereocenters. The van der Waals surface area contributed by atoms with Gasteiger partial charge in [0, 0.05) is 6.26 Å². The molecule has 0 fully saturated rings. The van der Waals surface area contributed by atoms with Crippen molar-refractivity contribution in [3.8, 4) is 5.75 Å². The molecule has 1 unspecified atom stereocenters. The number of hydrogen-bond acceptors (Lipinski definition) is 4. The Labute approximate surface area is 141 Å². The second-order valence-corrected chi connectivity index (χ2v) is 7.69. The van der Waals surface area contributed by atoms with E-state index in [1.165, 1.54) is 12.1 Å². The van der Waals surface area contributed by atoms with Gasteiger partial charge in [-0.1, -0.05) is 42.5 Å². The molecule has 0 bridgehead atoms. The van der Waals surface area contributed by atoms with E-state index in [4.69, 9.17) is 4.74 Å². The highest BCUT2D eigenvalue weighted by molar-refractivity contribution is 7.90. The van der Waals surface area contributed by atoms with Crippen molar-refractivity contribution in [2.45, 2.75) is 11.0 Å². The molecule has 0 aliphatic heterocycles. The van der Waals surface area contributed by atoms with Crippen LogP contribution < -0.4 is 4.74 Å². The summed E-state index contributed by atoms with van der Waals surface area (Å²) >= 11 is 0. The molecule has 124 valence electrons. The summed E-state index contributed by atoms with van der Waals surface area (Å²) in [6.07, 6.45) is 0.325. The minimum absolute atomic E-state index is 0.0938. The maximum atomic E-state index is 11.4. The first-order valence-corrected chi connectivity index (χ1v) is 9.42. The zero-order chi connectivity index (χ0) is 17.2. The van der Waals surface area contributed by atoms with Gasteiger partial charge in [0.15, 0.2) is 9.84 Å². The van der Waals surface area contributed by atoms with E-state index in [0.717, 1.165) is 17.0 Å². The Kier molecular flexibility index (Phi) is 4.55. The molecule has 0 saturated carbocycles. The molecule has 3 aromatic rings. The van der Waals surface area contributed by atoms with Crippen molar-refractivity contribution in [3.63, 3.8) is 0 Å². The molecule has 0 aromatic heterocycles. The van der Waals surface area contributed by atoms with Crippen LogP contribution in [0.1, 0.15) is 11.7 Å². The van der Waals surface area contributed by atoms with Crippen LogP contribution in [0.5, 0.6) is 5.75 Å². The summed E-state index contributed by atoms with van der Waals surface area (Å²) in [5.74, 6) is 0.681. The van der Waals surface area contributed by atoms with Gasteiger partial charge in [0.05, 0.1) is 4.90 Å². The molecule has 4 nitrogen and oxygen atoms in total. The van der Waals surface area contributed by atoms with Crippen molar-refractivity contribution in [3.05, 3.63) is 72.3 Å². The molecule has 5 heteroatoms. The van der Waals surface area contributed by atoms with Gasteiger partial charge < -0.3 is 9.84 Å². The van der Waals surface area contributed by atoms with Crippen LogP contribution in [0.15, 0.2) is 71.6 Å². The first-order chi connectivity index (χ1) is 11.4. The van der Waals surface area contributed by atoms with E-state index in [1.54, 1.807) is 12.1 Å². The van der Waals surface area contributed by atoms with Crippen molar-refractivity contribution < 1.29 is 18.3 Å². The van der Waals surface area contributed by atoms with E-state index < -0.39 is 15.9 Å². The lowest BCUT2D eigenvalue weighted by Crippen LogP contribution is -2.10. The largest absolute Gasteiger partial charge is 0.491 e. The van der Waals surface area contributed by atoms with Crippen molar-refractivity contribution in [2.75, 3.05) is 12.9 Å². The van der Waals surface area contributed by atoms with E-state index in [9.17, 15) is 13.5 Å². The third kappa shape index (κ3) is 3.75. The summed E-state index contributed by atoms with van der Waals surface area (Å²) in [5, 5.41) is 12.4. The predicted molar refractivity (Wildman–Crippen MR) is 94.0 cm³/mol. The van der Waals surface area contributed by atoms with Crippen molar-refractivity contribution in [1.82, 2.24) is 0 Å². The average molecular weight is 342 g/mol. The Hall–Kier alpha value is -2.37. The Bertz CT molecular complexity index is 947. The molecule has 0 aliphatic rings. The number of aliphatic hydroxyl groups is 1. The second kappa shape index (κ2) is 6.63. The lowest BCUT2D eigenvalue weighted by Gasteiger charge is -2.13. The summed E-state index contributed by atoms with van der Waals surface area (Å²) < 4.78 is 28.5. The highest BCUT2D eigenvalue weighted by atomic mass is 32.2. The Morgan fingerprint density at radius 2 is 1.62 bits per heavy atom. The normalized spacial score (nSPS) is 12.9. The Morgan fingerprint density at radius 1 is 0.958 bits per heavy atom. The van der Waals surface area contributed by atoms with Crippen molar-refractivity contribution in [2.24, 2.45) is 0 Å². The summed E-state index contributed by atoms with van der Waals surface area (Å²) in [5.41, 5.74) is 0.614. The summed E-state index contributed by atoms with van der Waals surface area (Å²) in [7, 11) is -3.23. The minimum atomic E-state index is -3.23. The molecule has 24 heavy (non-hydrogen) atoms. The first kappa shape index (κ1) is 16.5. The average Bonchev–Trinajstić information content (AvgIpc) is 2.59. The molecule has 0 spiro atoms. The smallest absolute Gasteiger partial charge is 0.175 e. The fourth-order valence-corrected chi connectivity index (χ4v) is 3.10. The van der Waals surface area contributed by atoms with Gasteiger partial charge in [0.2, 0.25) is 0 Å². The zero-order valence-corrected chi connectivity index (χ0v) is 14.0. The van der Waals surface area contributed by atoms with Gasteiger partial charge in [-0.25, -0.2) is 8.42 Å². The third-order valence-corrected chi connectivity index (χ3v) is 4.95. The van der Waals surface area contributed by atoms with Crippen LogP contribution in [-0.4, -0.2) is 26.4 Å². The molecular weight excluding hydrogens is 324 g/mol. The van der Waals surface area contributed by atoms with Crippen molar-refractivity contribution >= 4 is 20.6 Å². The van der Waals surface area contributed by atoms with E-state index >= 15 is 0 Å². The molecule has 1 N–H and O–H groups in total. The van der Waals surface area contributed by atoms with Crippen molar-refractivity contribution in [1.29, 1.82) is 0 Å². The highest BCUT2D eigenvalue weighted by Crippen LogP contribution is 2.22. The second-order valence-electron chi connectivity index (χ2n) is 5.68. The van der Waals surface area contributed by atoms with Crippen LogP contribution in [-0.2, 0) is 9.84 Å². The molecule has 3 aromatic carbocycles. The topological polar surface area (TPSA) is 63.6 Å². The van der Waals surface area contributed by atoms with E-state index in [0.29, 0.717) is 11.3 Å². The Morgan fingerprint density at radius 3 is 2.29 bits per heavy atom. The fraction of sp³-hybridized carbons (Fsp3) is 0.158. The lowest BCUT2D eigenvalue weighted by atomic mass is 10.1. The minimum Gasteiger partial charge on any atom is -0.491 e. The van der Waals surface area contributed by atoms with E-state index in [2.05, 4.69) is 0 Å². The molecule has 0 radical (unpaired) electrons. The zero-order valence-electron chi connectivity index (χ0n) is 13.2. The third-order valence-electron chi connectivity index (χ3n) is 3.82. The molecule has 0 heterocycles. The van der Waals surface area contributed by atoms with Gasteiger partial charge in [-0.2, -0.15) is 0 Å². The van der Waals surface area contributed by atoms with Gasteiger partial charge in [0.1, 0.15) is 18.5 Å². The van der Waals surface area contributed by atoms with Gasteiger partial charge in [-0.15, -0.1) is 0 Å². The van der Waals surface area contributed by atoms with Crippen LogP contribution in [0.4, 0.5) is 0 Å². The lowest BCUT2D eigenvalue weighted by molar-refractivity contribution is 0.108. The molecule has 0 aliphatic carbocycles. The van der Waals surface area contributed by atoms with Crippen LogP contribution >= 0.6 is 0 Å². The van der Waals surface area contributed by atoms with Gasteiger partial charge >= 0.3 is 0 Å². The predicted octanol–water partition coefficient (Wildman–Crippen LogP) is 3.36. The maximum Gasteiger partial charge on any atom is 0.175 e. The molecule has 0 amide bonds. The monoisotopic (exact) mass is 342 g/mol. The maximum absolute atomic E-state index is 11.4. The standard InChI is InChI=1S/C19H18O4S/c1-24(21,22)18-10-7-15(8-11-18)19(20)13-23-17-9-6-14-4-2-3-5-16(14)12-17/h2-12,19-20H,13H2,1H3. The summed E-state index contributed by atoms with van der Waals surface area (Å²) in [4.78, 5) is 0.230. The highest BCUT2D eigenvalue weighted by Gasteiger charge is 2.11. The number of hydrogen-bond donors (Lipinski definition) is 1. The van der Waals surface area contributed by atoms with Crippen LogP contribution in [0.2, 0.25) is 0 Å². The number of rotatable bonds is 5. The van der Waals surface area contributed by atoms with E-state index in [-0.39, 0.29) is 11.5 Å². The molecular formula is C19H18O4S. The molecule has 3 rings (SSSR count). The first-order valence-electron chi connectivity index (χ1n) is 7.53. The number of benzene rings is 3. The van der Waals surface area contributed by atoms with Crippen LogP contribution in [0.25, 0.3) is 10.8 Å². The number of fused-ring (bicyclic) bond motifs is 1. The SMILES string of the molecule is CS(=O)(=O)c1ccc(C(O)COc2ccc3ccccc3c2)cc1. The van der Waals surface area contributed by atoms with Gasteiger partial charge in [-0.05, 0) is 40.6 Å². The van der Waals surface area contributed by atoms with Crippen LogP contribution in [0, 0.1) is 0 Å². The van der Waals surface area contributed by atoms with Gasteiger partial charge in [-0.3, -0.25) is 0 Å². The molecule has 0 saturated heterocycles. The summed E-state index contributed by atoms with van der Waals surface area (Å²) in [6.45, 7) is 0.0938. The quantitative estimate of drug-likeness (QED) is 0.772.